The fourth-order valence-electron chi connectivity index (χ4n) is 2.78. The number of nitrogens with zero attached hydrogens (tertiary/aromatic N) is 3. The fourth-order valence-corrected chi connectivity index (χ4v) is 3.68. The van der Waals surface area contributed by atoms with Crippen LogP contribution in [0.5, 0.6) is 5.75 Å². The molecule has 3 aromatic rings. The first-order chi connectivity index (χ1) is 12.7. The fraction of sp³-hybridized carbons (Fsp3) is 0.333. The predicted molar refractivity (Wildman–Crippen MR) is 107 cm³/mol. The maximum atomic E-state index is 5.32. The lowest BCUT2D eigenvalue weighted by molar-refractivity contribution is 0.414. The summed E-state index contributed by atoms with van der Waals surface area (Å²) < 4.78 is 7.57. The highest BCUT2D eigenvalue weighted by atomic mass is 32.2. The van der Waals surface area contributed by atoms with Crippen molar-refractivity contribution >= 4 is 11.8 Å². The second kappa shape index (κ2) is 8.90. The van der Waals surface area contributed by atoms with Gasteiger partial charge in [0, 0.05) is 12.2 Å². The summed E-state index contributed by atoms with van der Waals surface area (Å²) in [5.41, 5.74) is 2.48. The molecule has 1 heterocycles. The summed E-state index contributed by atoms with van der Waals surface area (Å²) in [6.07, 6.45) is 0.930. The van der Waals surface area contributed by atoms with E-state index in [1.807, 2.05) is 18.2 Å². The van der Waals surface area contributed by atoms with E-state index in [4.69, 9.17) is 4.74 Å². The summed E-state index contributed by atoms with van der Waals surface area (Å²) in [6, 6.07) is 18.7. The van der Waals surface area contributed by atoms with Crippen LogP contribution >= 0.6 is 11.8 Å². The molecule has 5 heteroatoms. The van der Waals surface area contributed by atoms with Crippen LogP contribution in [-0.4, -0.2) is 21.9 Å². The van der Waals surface area contributed by atoms with Gasteiger partial charge in [0.15, 0.2) is 5.16 Å². The molecule has 0 aliphatic rings. The molecule has 0 amide bonds. The van der Waals surface area contributed by atoms with Crippen molar-refractivity contribution in [1.29, 1.82) is 0 Å². The molecule has 2 aromatic carbocycles. The summed E-state index contributed by atoms with van der Waals surface area (Å²) >= 11 is 1.72. The highest BCUT2D eigenvalue weighted by Gasteiger charge is 2.14. The number of hydrogen-bond acceptors (Lipinski definition) is 4. The third-order valence-electron chi connectivity index (χ3n) is 4.07. The third-order valence-corrected chi connectivity index (χ3v) is 5.11. The molecule has 0 N–H and O–H groups in total. The molecule has 0 aliphatic carbocycles. The van der Waals surface area contributed by atoms with Crippen molar-refractivity contribution in [3.63, 3.8) is 0 Å². The summed E-state index contributed by atoms with van der Waals surface area (Å²) in [5.74, 6) is 3.32. The van der Waals surface area contributed by atoms with Crippen molar-refractivity contribution in [2.45, 2.75) is 37.7 Å². The normalized spacial score (nSPS) is 11.1. The standard InChI is InChI=1S/C21H25N3OS/c1-16(2)12-20-22-23-21(24(20)14-17-8-5-4-6-9-17)26-15-18-10-7-11-19(13-18)25-3/h4-11,13,16H,12,14-15H2,1-3H3. The van der Waals surface area contributed by atoms with Crippen LogP contribution in [0.25, 0.3) is 0 Å². The molecular weight excluding hydrogens is 342 g/mol. The van der Waals surface area contributed by atoms with Gasteiger partial charge in [-0.25, -0.2) is 0 Å². The van der Waals surface area contributed by atoms with Gasteiger partial charge in [0.1, 0.15) is 11.6 Å². The number of thioether (sulfide) groups is 1. The van der Waals surface area contributed by atoms with Gasteiger partial charge in [0.25, 0.3) is 0 Å². The van der Waals surface area contributed by atoms with E-state index >= 15 is 0 Å². The van der Waals surface area contributed by atoms with E-state index in [1.54, 1.807) is 18.9 Å². The molecule has 0 aliphatic heterocycles. The van der Waals surface area contributed by atoms with Gasteiger partial charge in [-0.1, -0.05) is 68.1 Å². The van der Waals surface area contributed by atoms with Crippen LogP contribution in [0, 0.1) is 5.92 Å². The maximum Gasteiger partial charge on any atom is 0.191 e. The van der Waals surface area contributed by atoms with E-state index in [1.165, 1.54) is 11.1 Å². The Hall–Kier alpha value is -2.27. The van der Waals surface area contributed by atoms with Crippen LogP contribution in [-0.2, 0) is 18.7 Å². The first-order valence-corrected chi connectivity index (χ1v) is 9.86. The Kier molecular flexibility index (Phi) is 6.34. The molecule has 3 rings (SSSR count). The lowest BCUT2D eigenvalue weighted by Gasteiger charge is -2.12. The Balaban J connectivity index is 1.80. The number of benzene rings is 2. The Labute approximate surface area is 159 Å². The molecule has 0 fully saturated rings. The van der Waals surface area contributed by atoms with E-state index < -0.39 is 0 Å². The molecule has 4 nitrogen and oxygen atoms in total. The number of rotatable bonds is 8. The molecule has 1 aromatic heterocycles. The van der Waals surface area contributed by atoms with E-state index in [-0.39, 0.29) is 0 Å². The summed E-state index contributed by atoms with van der Waals surface area (Å²) in [6.45, 7) is 5.23. The molecule has 0 saturated heterocycles. The van der Waals surface area contributed by atoms with E-state index in [9.17, 15) is 0 Å². The van der Waals surface area contributed by atoms with Crippen LogP contribution in [0.4, 0.5) is 0 Å². The van der Waals surface area contributed by atoms with Crippen molar-refractivity contribution in [2.24, 2.45) is 5.92 Å². The van der Waals surface area contributed by atoms with Gasteiger partial charge in [-0.3, -0.25) is 0 Å². The molecule has 0 unspecified atom stereocenters. The van der Waals surface area contributed by atoms with E-state index in [2.05, 4.69) is 65.0 Å². The zero-order valence-electron chi connectivity index (χ0n) is 15.6. The molecular formula is C21H25N3OS. The van der Waals surface area contributed by atoms with Crippen LogP contribution in [0.3, 0.4) is 0 Å². The first kappa shape index (κ1) is 18.5. The highest BCUT2D eigenvalue weighted by Crippen LogP contribution is 2.25. The predicted octanol–water partition coefficient (Wildman–Crippen LogP) is 4.83. The van der Waals surface area contributed by atoms with Gasteiger partial charge >= 0.3 is 0 Å². The average molecular weight is 368 g/mol. The van der Waals surface area contributed by atoms with Crippen molar-refractivity contribution in [1.82, 2.24) is 14.8 Å². The van der Waals surface area contributed by atoms with E-state index in [0.717, 1.165) is 35.4 Å². The molecule has 136 valence electrons. The van der Waals surface area contributed by atoms with Crippen molar-refractivity contribution in [3.8, 4) is 5.75 Å². The largest absolute Gasteiger partial charge is 0.497 e. The van der Waals surface area contributed by atoms with Gasteiger partial charge < -0.3 is 9.30 Å². The SMILES string of the molecule is COc1cccc(CSc2nnc(CC(C)C)n2Cc2ccccc2)c1. The number of methoxy groups -OCH3 is 1. The van der Waals surface area contributed by atoms with Gasteiger partial charge in [0.2, 0.25) is 0 Å². The lowest BCUT2D eigenvalue weighted by atomic mass is 10.1. The minimum Gasteiger partial charge on any atom is -0.497 e. The van der Waals surface area contributed by atoms with Crippen LogP contribution in [0.15, 0.2) is 59.8 Å². The molecule has 0 bridgehead atoms. The van der Waals surface area contributed by atoms with Gasteiger partial charge in [-0.2, -0.15) is 0 Å². The van der Waals surface area contributed by atoms with Gasteiger partial charge in [-0.15, -0.1) is 10.2 Å². The molecule has 0 atom stereocenters. The minimum atomic E-state index is 0.546. The van der Waals surface area contributed by atoms with Crippen LogP contribution < -0.4 is 4.74 Å². The van der Waals surface area contributed by atoms with Gasteiger partial charge in [0.05, 0.1) is 13.7 Å². The van der Waals surface area contributed by atoms with Crippen molar-refractivity contribution < 1.29 is 4.74 Å². The minimum absolute atomic E-state index is 0.546. The number of aromatic nitrogens is 3. The molecule has 0 saturated carbocycles. The molecule has 0 spiro atoms. The Morgan fingerprint density at radius 3 is 2.50 bits per heavy atom. The number of ether oxygens (including phenoxy) is 1. The Bertz CT molecular complexity index is 830. The third kappa shape index (κ3) is 4.88. The quantitative estimate of drug-likeness (QED) is 0.535. The Morgan fingerprint density at radius 2 is 1.77 bits per heavy atom. The summed E-state index contributed by atoms with van der Waals surface area (Å²) in [7, 11) is 1.70. The monoisotopic (exact) mass is 367 g/mol. The van der Waals surface area contributed by atoms with Crippen LogP contribution in [0.2, 0.25) is 0 Å². The van der Waals surface area contributed by atoms with Crippen LogP contribution in [0.1, 0.15) is 30.8 Å². The zero-order valence-corrected chi connectivity index (χ0v) is 16.4. The van der Waals surface area contributed by atoms with Crippen molar-refractivity contribution in [3.05, 3.63) is 71.5 Å². The molecule has 26 heavy (non-hydrogen) atoms. The van der Waals surface area contributed by atoms with Crippen molar-refractivity contribution in [2.75, 3.05) is 7.11 Å². The Morgan fingerprint density at radius 1 is 1.00 bits per heavy atom. The first-order valence-electron chi connectivity index (χ1n) is 8.87. The second-order valence-corrected chi connectivity index (χ2v) is 7.65. The average Bonchev–Trinajstić information content (AvgIpc) is 3.02. The van der Waals surface area contributed by atoms with Gasteiger partial charge in [-0.05, 0) is 29.2 Å². The summed E-state index contributed by atoms with van der Waals surface area (Å²) in [5, 5.41) is 9.90. The summed E-state index contributed by atoms with van der Waals surface area (Å²) in [4.78, 5) is 0. The number of hydrogen-bond donors (Lipinski definition) is 0. The smallest absolute Gasteiger partial charge is 0.191 e. The van der Waals surface area contributed by atoms with E-state index in [0.29, 0.717) is 5.92 Å². The lowest BCUT2D eigenvalue weighted by Crippen LogP contribution is -2.09. The maximum absolute atomic E-state index is 5.32. The highest BCUT2D eigenvalue weighted by molar-refractivity contribution is 7.98. The zero-order chi connectivity index (χ0) is 18.4. The molecule has 0 radical (unpaired) electrons. The topological polar surface area (TPSA) is 39.9 Å². The second-order valence-electron chi connectivity index (χ2n) is 6.71.